The normalized spacial score (nSPS) is 22.4. The van der Waals surface area contributed by atoms with Crippen LogP contribution >= 0.6 is 11.6 Å². The summed E-state index contributed by atoms with van der Waals surface area (Å²) in [5, 5.41) is 4.27. The lowest BCUT2D eigenvalue weighted by Crippen LogP contribution is -2.37. The van der Waals surface area contributed by atoms with Crippen LogP contribution in [0.15, 0.2) is 71.4 Å². The molecular weight excluding hydrogens is 328 g/mol. The largest absolute Gasteiger partial charge is 0.348 e. The zero-order chi connectivity index (χ0) is 18.0. The number of nitrogens with one attached hydrogen (secondary N) is 1. The Kier molecular flexibility index (Phi) is 5.01. The van der Waals surface area contributed by atoms with Crippen molar-refractivity contribution in [3.8, 4) is 0 Å². The molecule has 1 heterocycles. The van der Waals surface area contributed by atoms with Gasteiger partial charge in [0, 0.05) is 16.6 Å². The molecule has 3 rings (SSSR count). The second-order valence-corrected chi connectivity index (χ2v) is 8.04. The van der Waals surface area contributed by atoms with Crippen molar-refractivity contribution in [3.63, 3.8) is 0 Å². The lowest BCUT2D eigenvalue weighted by molar-refractivity contribution is 0.568. The van der Waals surface area contributed by atoms with Crippen molar-refractivity contribution in [3.05, 3.63) is 82.5 Å². The van der Waals surface area contributed by atoms with Gasteiger partial charge in [-0.3, -0.25) is 4.99 Å². The zero-order valence-corrected chi connectivity index (χ0v) is 16.0. The summed E-state index contributed by atoms with van der Waals surface area (Å²) in [7, 11) is 0. The Balaban J connectivity index is 2.15. The second kappa shape index (κ2) is 7.05. The highest BCUT2D eigenvalue weighted by Gasteiger charge is 2.32. The molecular formula is C22H25ClN2. The van der Waals surface area contributed by atoms with Gasteiger partial charge in [0.15, 0.2) is 0 Å². The molecule has 25 heavy (non-hydrogen) atoms. The van der Waals surface area contributed by atoms with Crippen LogP contribution in [-0.2, 0) is 0 Å². The van der Waals surface area contributed by atoms with Gasteiger partial charge in [-0.25, -0.2) is 0 Å². The third-order valence-electron chi connectivity index (χ3n) is 4.28. The molecule has 0 amide bonds. The molecule has 0 fully saturated rings. The standard InChI is InChI=1S/C22H25ClN2/c1-15-14-19(16-8-6-5-7-9-16)20(17-10-12-18(23)13-11-17)21(24-15)25-22(2,3)4/h5-14,19-20H,1-4H3,(H,24,25). The fourth-order valence-corrected chi connectivity index (χ4v) is 3.44. The van der Waals surface area contributed by atoms with Gasteiger partial charge < -0.3 is 5.32 Å². The first-order valence-corrected chi connectivity index (χ1v) is 9.07. The maximum atomic E-state index is 6.11. The maximum absolute atomic E-state index is 6.11. The third-order valence-corrected chi connectivity index (χ3v) is 4.53. The van der Waals surface area contributed by atoms with E-state index in [1.807, 2.05) is 12.1 Å². The first-order chi connectivity index (χ1) is 11.8. The first kappa shape index (κ1) is 17.8. The topological polar surface area (TPSA) is 24.4 Å². The van der Waals surface area contributed by atoms with E-state index in [1.165, 1.54) is 11.1 Å². The molecule has 0 saturated carbocycles. The molecule has 1 aliphatic heterocycles. The van der Waals surface area contributed by atoms with E-state index < -0.39 is 0 Å². The Bertz CT molecular complexity index is 783. The molecule has 0 saturated heterocycles. The molecule has 0 aromatic heterocycles. The SMILES string of the molecule is CC1=CC(c2ccccc2)C(c2ccc(Cl)cc2)C(=NC(C)(C)C)N1. The average Bonchev–Trinajstić information content (AvgIpc) is 2.55. The van der Waals surface area contributed by atoms with Crippen molar-refractivity contribution in [1.82, 2.24) is 5.32 Å². The monoisotopic (exact) mass is 352 g/mol. The summed E-state index contributed by atoms with van der Waals surface area (Å²) in [5.74, 6) is 1.40. The van der Waals surface area contributed by atoms with Crippen LogP contribution in [0.1, 0.15) is 50.7 Å². The van der Waals surface area contributed by atoms with E-state index in [1.54, 1.807) is 0 Å². The number of halogens is 1. The highest BCUT2D eigenvalue weighted by molar-refractivity contribution is 6.30. The fraction of sp³-hybridized carbons (Fsp3) is 0.318. The predicted molar refractivity (Wildman–Crippen MR) is 107 cm³/mol. The van der Waals surface area contributed by atoms with Gasteiger partial charge in [-0.2, -0.15) is 0 Å². The number of nitrogens with zero attached hydrogens (tertiary/aromatic N) is 1. The van der Waals surface area contributed by atoms with Crippen LogP contribution in [0.2, 0.25) is 5.02 Å². The lowest BCUT2D eigenvalue weighted by Gasteiger charge is -2.34. The van der Waals surface area contributed by atoms with E-state index in [0.29, 0.717) is 0 Å². The molecule has 2 aromatic rings. The van der Waals surface area contributed by atoms with Gasteiger partial charge in [-0.1, -0.05) is 60.1 Å². The van der Waals surface area contributed by atoms with E-state index in [9.17, 15) is 0 Å². The van der Waals surface area contributed by atoms with E-state index in [2.05, 4.69) is 81.6 Å². The fourth-order valence-electron chi connectivity index (χ4n) is 3.32. The van der Waals surface area contributed by atoms with E-state index in [-0.39, 0.29) is 17.4 Å². The van der Waals surface area contributed by atoms with Gasteiger partial charge in [-0.15, -0.1) is 0 Å². The number of benzene rings is 2. The molecule has 1 aliphatic rings. The van der Waals surface area contributed by atoms with Crippen LogP contribution in [0, 0.1) is 0 Å². The van der Waals surface area contributed by atoms with Gasteiger partial charge in [-0.05, 0) is 51.0 Å². The lowest BCUT2D eigenvalue weighted by atomic mass is 9.78. The minimum absolute atomic E-state index is 0.141. The smallest absolute Gasteiger partial charge is 0.110 e. The molecule has 3 heteroatoms. The summed E-state index contributed by atoms with van der Waals surface area (Å²) in [6.45, 7) is 8.50. The van der Waals surface area contributed by atoms with Crippen molar-refractivity contribution >= 4 is 17.4 Å². The second-order valence-electron chi connectivity index (χ2n) is 7.61. The van der Waals surface area contributed by atoms with E-state index in [0.717, 1.165) is 16.6 Å². The van der Waals surface area contributed by atoms with Crippen molar-refractivity contribution in [2.24, 2.45) is 4.99 Å². The number of hydrogen-bond donors (Lipinski definition) is 1. The van der Waals surface area contributed by atoms with Crippen LogP contribution in [0.3, 0.4) is 0 Å². The van der Waals surface area contributed by atoms with E-state index >= 15 is 0 Å². The summed E-state index contributed by atoms with van der Waals surface area (Å²) in [5.41, 5.74) is 3.51. The van der Waals surface area contributed by atoms with Crippen molar-refractivity contribution in [2.45, 2.75) is 45.1 Å². The van der Waals surface area contributed by atoms with Crippen LogP contribution in [-0.4, -0.2) is 11.4 Å². The summed E-state index contributed by atoms with van der Waals surface area (Å²) >= 11 is 6.11. The molecule has 2 aromatic carbocycles. The molecule has 2 nitrogen and oxygen atoms in total. The van der Waals surface area contributed by atoms with Gasteiger partial charge in [0.05, 0.1) is 11.5 Å². The molecule has 0 radical (unpaired) electrons. The Morgan fingerprint density at radius 3 is 2.16 bits per heavy atom. The number of amidine groups is 1. The van der Waals surface area contributed by atoms with Gasteiger partial charge in [0.25, 0.3) is 0 Å². The van der Waals surface area contributed by atoms with Gasteiger partial charge in [0.2, 0.25) is 0 Å². The summed E-state index contributed by atoms with van der Waals surface area (Å²) < 4.78 is 0. The summed E-state index contributed by atoms with van der Waals surface area (Å²) in [4.78, 5) is 5.01. The van der Waals surface area contributed by atoms with Crippen LogP contribution in [0.4, 0.5) is 0 Å². The van der Waals surface area contributed by atoms with E-state index in [4.69, 9.17) is 16.6 Å². The van der Waals surface area contributed by atoms with Gasteiger partial charge in [0.1, 0.15) is 5.84 Å². The molecule has 130 valence electrons. The highest BCUT2D eigenvalue weighted by atomic mass is 35.5. The molecule has 1 N–H and O–H groups in total. The minimum Gasteiger partial charge on any atom is -0.348 e. The Labute approximate surface area is 155 Å². The Morgan fingerprint density at radius 1 is 0.920 bits per heavy atom. The quantitative estimate of drug-likeness (QED) is 0.713. The van der Waals surface area contributed by atoms with Crippen molar-refractivity contribution in [2.75, 3.05) is 0 Å². The minimum atomic E-state index is -0.147. The van der Waals surface area contributed by atoms with Crippen LogP contribution in [0.25, 0.3) is 0 Å². The highest BCUT2D eigenvalue weighted by Crippen LogP contribution is 2.39. The average molecular weight is 353 g/mol. The Hall–Kier alpha value is -2.06. The molecule has 0 aliphatic carbocycles. The maximum Gasteiger partial charge on any atom is 0.110 e. The summed E-state index contributed by atoms with van der Waals surface area (Å²) in [6.07, 6.45) is 2.30. The van der Waals surface area contributed by atoms with Crippen molar-refractivity contribution < 1.29 is 0 Å². The number of aliphatic imine (C=N–C) groups is 1. The Morgan fingerprint density at radius 2 is 1.56 bits per heavy atom. The van der Waals surface area contributed by atoms with Crippen LogP contribution in [0.5, 0.6) is 0 Å². The van der Waals surface area contributed by atoms with Crippen molar-refractivity contribution in [1.29, 1.82) is 0 Å². The zero-order valence-electron chi connectivity index (χ0n) is 15.3. The summed E-state index contributed by atoms with van der Waals surface area (Å²) in [6, 6.07) is 18.8. The number of hydrogen-bond acceptors (Lipinski definition) is 1. The first-order valence-electron chi connectivity index (χ1n) is 8.69. The molecule has 2 unspecified atom stereocenters. The number of allylic oxidation sites excluding steroid dienone is 2. The van der Waals surface area contributed by atoms with Crippen LogP contribution < -0.4 is 5.32 Å². The molecule has 2 atom stereocenters. The molecule has 0 spiro atoms. The molecule has 0 bridgehead atoms. The third kappa shape index (κ3) is 4.32. The number of rotatable bonds is 2. The predicted octanol–water partition coefficient (Wildman–Crippen LogP) is 5.91. The van der Waals surface area contributed by atoms with Gasteiger partial charge >= 0.3 is 0 Å².